The van der Waals surface area contributed by atoms with Gasteiger partial charge in [-0.25, -0.2) is 4.79 Å². The Morgan fingerprint density at radius 3 is 2.63 bits per heavy atom. The number of urea groups is 1. The van der Waals surface area contributed by atoms with Gasteiger partial charge in [0, 0.05) is 36.4 Å². The van der Waals surface area contributed by atoms with Gasteiger partial charge in [-0.15, -0.1) is 0 Å². The molecule has 30 heavy (non-hydrogen) atoms. The maximum Gasteiger partial charge on any atom is 0.319 e. The number of H-pyrrole nitrogens is 1. The fourth-order valence-electron chi connectivity index (χ4n) is 2.98. The number of carbonyl (C=O) groups excluding carboxylic acids is 1. The van der Waals surface area contributed by atoms with E-state index in [-0.39, 0.29) is 6.03 Å². The van der Waals surface area contributed by atoms with Crippen molar-refractivity contribution in [3.8, 4) is 16.9 Å². The van der Waals surface area contributed by atoms with E-state index >= 15 is 0 Å². The summed E-state index contributed by atoms with van der Waals surface area (Å²) in [4.78, 5) is 16.1. The number of anilines is 1. The van der Waals surface area contributed by atoms with Crippen LogP contribution in [-0.4, -0.2) is 21.2 Å². The van der Waals surface area contributed by atoms with E-state index in [4.69, 9.17) is 4.74 Å². The zero-order valence-corrected chi connectivity index (χ0v) is 16.2. The number of nitrogens with zero attached hydrogens (tertiary/aromatic N) is 2. The normalized spacial score (nSPS) is 10.4. The van der Waals surface area contributed by atoms with E-state index in [1.165, 1.54) is 0 Å². The zero-order valence-electron chi connectivity index (χ0n) is 16.2. The van der Waals surface area contributed by atoms with Crippen molar-refractivity contribution < 1.29 is 9.53 Å². The zero-order chi connectivity index (χ0) is 20.6. The Balaban J connectivity index is 1.31. The van der Waals surface area contributed by atoms with Gasteiger partial charge >= 0.3 is 6.03 Å². The molecule has 0 saturated carbocycles. The average molecular weight is 399 g/mol. The summed E-state index contributed by atoms with van der Waals surface area (Å²) in [5, 5.41) is 12.5. The van der Waals surface area contributed by atoms with Crippen LogP contribution in [0.25, 0.3) is 11.1 Å². The third-order valence-electron chi connectivity index (χ3n) is 4.51. The SMILES string of the molecule is O=C(NCc1cccnc1)Nc1ccc(OCc2ccccc2-c2cn[nH]c2)cc1. The van der Waals surface area contributed by atoms with Crippen LogP contribution >= 0.6 is 0 Å². The number of aromatic amines is 1. The van der Waals surface area contributed by atoms with Crippen LogP contribution in [0.2, 0.25) is 0 Å². The monoisotopic (exact) mass is 399 g/mol. The predicted octanol–water partition coefficient (Wildman–Crippen LogP) is 4.37. The fraction of sp³-hybridized carbons (Fsp3) is 0.0870. The molecule has 2 aromatic heterocycles. The van der Waals surface area contributed by atoms with Gasteiger partial charge in [0.25, 0.3) is 0 Å². The lowest BCUT2D eigenvalue weighted by Gasteiger charge is -2.11. The summed E-state index contributed by atoms with van der Waals surface area (Å²) in [5.74, 6) is 0.721. The minimum Gasteiger partial charge on any atom is -0.489 e. The Kier molecular flexibility index (Phi) is 6.00. The molecule has 0 bridgehead atoms. The second-order valence-corrected chi connectivity index (χ2v) is 6.63. The Hall–Kier alpha value is -4.13. The number of hydrogen-bond donors (Lipinski definition) is 3. The Morgan fingerprint density at radius 1 is 1.00 bits per heavy atom. The lowest BCUT2D eigenvalue weighted by atomic mass is 10.0. The molecule has 2 amide bonds. The molecule has 3 N–H and O–H groups in total. The summed E-state index contributed by atoms with van der Waals surface area (Å²) in [7, 11) is 0. The largest absolute Gasteiger partial charge is 0.489 e. The van der Waals surface area contributed by atoms with Gasteiger partial charge in [-0.05, 0) is 47.0 Å². The number of hydrogen-bond acceptors (Lipinski definition) is 4. The Labute approximate surface area is 174 Å². The van der Waals surface area contributed by atoms with Gasteiger partial charge in [-0.3, -0.25) is 10.1 Å². The number of benzene rings is 2. The highest BCUT2D eigenvalue weighted by Gasteiger charge is 2.07. The molecule has 0 unspecified atom stereocenters. The number of pyridine rings is 1. The molecular weight excluding hydrogens is 378 g/mol. The highest BCUT2D eigenvalue weighted by Crippen LogP contribution is 2.24. The van der Waals surface area contributed by atoms with Crippen molar-refractivity contribution in [3.05, 3.63) is 96.6 Å². The van der Waals surface area contributed by atoms with Crippen LogP contribution in [0.15, 0.2) is 85.5 Å². The first-order valence-corrected chi connectivity index (χ1v) is 9.51. The molecule has 4 aromatic rings. The molecule has 4 rings (SSSR count). The number of nitrogens with one attached hydrogen (secondary N) is 3. The van der Waals surface area contributed by atoms with Gasteiger partial charge in [-0.2, -0.15) is 5.10 Å². The fourth-order valence-corrected chi connectivity index (χ4v) is 2.98. The van der Waals surface area contributed by atoms with E-state index in [1.807, 2.05) is 54.7 Å². The molecule has 2 aromatic carbocycles. The molecule has 0 aliphatic heterocycles. The molecule has 0 atom stereocenters. The summed E-state index contributed by atoms with van der Waals surface area (Å²) >= 11 is 0. The van der Waals surface area contributed by atoms with E-state index < -0.39 is 0 Å². The summed E-state index contributed by atoms with van der Waals surface area (Å²) in [5.41, 5.74) is 4.79. The maximum absolute atomic E-state index is 12.0. The van der Waals surface area contributed by atoms with Crippen LogP contribution in [0.4, 0.5) is 10.5 Å². The van der Waals surface area contributed by atoms with Gasteiger partial charge in [0.2, 0.25) is 0 Å². The second kappa shape index (κ2) is 9.38. The van der Waals surface area contributed by atoms with Gasteiger partial charge in [0.15, 0.2) is 0 Å². The van der Waals surface area contributed by atoms with Crippen LogP contribution in [0, 0.1) is 0 Å². The molecular formula is C23H21N5O2. The van der Waals surface area contributed by atoms with Gasteiger partial charge in [-0.1, -0.05) is 30.3 Å². The van der Waals surface area contributed by atoms with Gasteiger partial charge in [0.05, 0.1) is 6.20 Å². The summed E-state index contributed by atoms with van der Waals surface area (Å²) < 4.78 is 5.93. The Bertz CT molecular complexity index is 1080. The smallest absolute Gasteiger partial charge is 0.319 e. The highest BCUT2D eigenvalue weighted by molar-refractivity contribution is 5.89. The number of rotatable bonds is 7. The van der Waals surface area contributed by atoms with Crippen molar-refractivity contribution in [2.24, 2.45) is 0 Å². The van der Waals surface area contributed by atoms with Crippen LogP contribution in [0.3, 0.4) is 0 Å². The van der Waals surface area contributed by atoms with E-state index in [9.17, 15) is 4.79 Å². The van der Waals surface area contributed by atoms with Crippen LogP contribution < -0.4 is 15.4 Å². The third-order valence-corrected chi connectivity index (χ3v) is 4.51. The molecule has 2 heterocycles. The maximum atomic E-state index is 12.0. The van der Waals surface area contributed by atoms with Crippen molar-refractivity contribution in [2.75, 3.05) is 5.32 Å². The number of carbonyl (C=O) groups is 1. The molecule has 0 spiro atoms. The van der Waals surface area contributed by atoms with Crippen molar-refractivity contribution in [3.63, 3.8) is 0 Å². The average Bonchev–Trinajstić information content (AvgIpc) is 3.33. The van der Waals surface area contributed by atoms with Gasteiger partial charge in [0.1, 0.15) is 12.4 Å². The van der Waals surface area contributed by atoms with Crippen molar-refractivity contribution in [2.45, 2.75) is 13.2 Å². The van der Waals surface area contributed by atoms with E-state index in [0.29, 0.717) is 18.8 Å². The van der Waals surface area contributed by atoms with Crippen molar-refractivity contribution in [1.29, 1.82) is 0 Å². The number of ether oxygens (including phenoxy) is 1. The molecule has 0 saturated heterocycles. The van der Waals surface area contributed by atoms with E-state index in [2.05, 4.69) is 25.8 Å². The molecule has 0 aliphatic rings. The van der Waals surface area contributed by atoms with Crippen molar-refractivity contribution in [1.82, 2.24) is 20.5 Å². The van der Waals surface area contributed by atoms with Crippen molar-refractivity contribution >= 4 is 11.7 Å². The quantitative estimate of drug-likeness (QED) is 0.430. The molecule has 0 aliphatic carbocycles. The van der Waals surface area contributed by atoms with Gasteiger partial charge < -0.3 is 15.4 Å². The first-order chi connectivity index (χ1) is 14.8. The first-order valence-electron chi connectivity index (χ1n) is 9.51. The first kappa shape index (κ1) is 19.2. The molecule has 7 heteroatoms. The summed E-state index contributed by atoms with van der Waals surface area (Å²) in [6, 6.07) is 18.8. The minimum atomic E-state index is -0.276. The highest BCUT2D eigenvalue weighted by atomic mass is 16.5. The number of amides is 2. The molecule has 7 nitrogen and oxygen atoms in total. The Morgan fingerprint density at radius 2 is 1.87 bits per heavy atom. The standard InChI is InChI=1S/C23H21N5O2/c29-23(25-13-17-4-3-11-24-12-17)28-20-7-9-21(10-8-20)30-16-18-5-1-2-6-22(18)19-14-26-27-15-19/h1-12,14-15H,13,16H2,(H,26,27)(H2,25,28,29). The lowest BCUT2D eigenvalue weighted by molar-refractivity contribution is 0.251. The van der Waals surface area contributed by atoms with E-state index in [0.717, 1.165) is 28.0 Å². The summed E-state index contributed by atoms with van der Waals surface area (Å²) in [6.07, 6.45) is 7.07. The molecule has 0 fully saturated rings. The predicted molar refractivity (Wildman–Crippen MR) is 115 cm³/mol. The second-order valence-electron chi connectivity index (χ2n) is 6.63. The van der Waals surface area contributed by atoms with Crippen LogP contribution in [-0.2, 0) is 13.2 Å². The minimum absolute atomic E-state index is 0.276. The topological polar surface area (TPSA) is 91.9 Å². The molecule has 0 radical (unpaired) electrons. The lowest BCUT2D eigenvalue weighted by Crippen LogP contribution is -2.28. The van der Waals surface area contributed by atoms with Crippen LogP contribution in [0.5, 0.6) is 5.75 Å². The number of aromatic nitrogens is 3. The molecule has 150 valence electrons. The van der Waals surface area contributed by atoms with E-state index in [1.54, 1.807) is 30.7 Å². The summed E-state index contributed by atoms with van der Waals surface area (Å²) in [6.45, 7) is 0.844. The van der Waals surface area contributed by atoms with Crippen LogP contribution in [0.1, 0.15) is 11.1 Å². The third kappa shape index (κ3) is 5.02.